The predicted octanol–water partition coefficient (Wildman–Crippen LogP) is -2.39. The molecule has 1 aliphatic rings. The van der Waals surface area contributed by atoms with Crippen LogP contribution in [0.2, 0.25) is 0 Å². The molecule has 1 saturated heterocycles. The summed E-state index contributed by atoms with van der Waals surface area (Å²) in [4.78, 5) is 47.2. The van der Waals surface area contributed by atoms with Gasteiger partial charge in [0, 0.05) is 103 Å². The number of aromatic nitrogens is 4. The number of aliphatic hydroxyl groups is 2. The van der Waals surface area contributed by atoms with Crippen molar-refractivity contribution >= 4 is 143 Å². The summed E-state index contributed by atoms with van der Waals surface area (Å²) < 4.78 is 51.9. The van der Waals surface area contributed by atoms with E-state index >= 15 is 0 Å². The summed E-state index contributed by atoms with van der Waals surface area (Å²) in [5, 5.41) is 20.4. The van der Waals surface area contributed by atoms with Gasteiger partial charge in [-0.1, -0.05) is 0 Å². The zero-order valence-electron chi connectivity index (χ0n) is 16.9. The molecule has 1 fully saturated rings. The number of hydrogen-bond acceptors (Lipinski definition) is 13. The third-order valence-corrected chi connectivity index (χ3v) is 7.62. The molecule has 176 valence electrons. The molecular weight excluding hydrogens is 569 g/mol. The molecule has 3 rings (SSSR count). The average molecular weight is 585 g/mol. The Morgan fingerprint density at radius 2 is 1.64 bits per heavy atom. The van der Waals surface area contributed by atoms with Crippen LogP contribution in [0.5, 0.6) is 0 Å². The third kappa shape index (κ3) is 8.73. The monoisotopic (exact) mass is 585 g/mol. The van der Waals surface area contributed by atoms with Crippen LogP contribution >= 0.6 is 23.5 Å². The zero-order chi connectivity index (χ0) is 23.2. The predicted molar refractivity (Wildman–Crippen MR) is 107 cm³/mol. The van der Waals surface area contributed by atoms with E-state index in [9.17, 15) is 28.8 Å². The van der Waals surface area contributed by atoms with Gasteiger partial charge in [-0.15, -0.1) is 0 Å². The van der Waals surface area contributed by atoms with E-state index in [1.54, 1.807) is 0 Å². The molecule has 2 radical (unpaired) electrons. The third-order valence-electron chi connectivity index (χ3n) is 3.82. The van der Waals surface area contributed by atoms with Crippen molar-refractivity contribution in [2.24, 2.45) is 0 Å². The molecule has 1 aliphatic heterocycles. The van der Waals surface area contributed by atoms with Gasteiger partial charge in [0.25, 0.3) is 0 Å². The van der Waals surface area contributed by atoms with E-state index in [4.69, 9.17) is 25.2 Å². The standard InChI is InChI=1S/C10H16N5O13P3.2K/c11-8-5-9(13-2-12-8)15(3-14-5)10-7(17)6(16)4(26-10)1-25-30(21,22)28-31(23,24)27-29(18,19)20;;/h2-4,6-7,10,16-17H,1H2,(H,21,22)(H,23,24)(H2,11,12,13)(H2,18,19,20);;. The van der Waals surface area contributed by atoms with E-state index in [2.05, 4.69) is 28.1 Å². The maximum absolute atomic E-state index is 11.8. The molecule has 6 unspecified atom stereocenters. The minimum atomic E-state index is -5.70. The normalized spacial score (nSPS) is 26.7. The summed E-state index contributed by atoms with van der Waals surface area (Å²) in [6.07, 6.45) is -3.69. The molecule has 23 heteroatoms. The van der Waals surface area contributed by atoms with E-state index in [1.807, 2.05) is 0 Å². The SMILES string of the molecule is Nc1ncnc2c1ncn2C1OC(COP(=O)(O)OP(=O)(O)OP(=O)(O)O)C(O)C1O.[K].[K]. The van der Waals surface area contributed by atoms with Crippen LogP contribution in [0, 0.1) is 0 Å². The summed E-state index contributed by atoms with van der Waals surface area (Å²) >= 11 is 0. The van der Waals surface area contributed by atoms with Crippen LogP contribution in [0.15, 0.2) is 12.7 Å². The fraction of sp³-hybridized carbons (Fsp3) is 0.500. The molecule has 33 heavy (non-hydrogen) atoms. The molecule has 3 heterocycles. The van der Waals surface area contributed by atoms with Crippen molar-refractivity contribution < 1.29 is 61.4 Å². The van der Waals surface area contributed by atoms with Gasteiger partial charge in [0.2, 0.25) is 0 Å². The average Bonchev–Trinajstić information content (AvgIpc) is 3.13. The second-order valence-electron chi connectivity index (χ2n) is 6.02. The molecule has 6 atom stereocenters. The number of anilines is 1. The van der Waals surface area contributed by atoms with Crippen LogP contribution in [0.25, 0.3) is 11.2 Å². The van der Waals surface area contributed by atoms with Crippen LogP contribution in [-0.2, 0) is 31.6 Å². The second kappa shape index (κ2) is 12.6. The molecule has 0 aliphatic carbocycles. The smallest absolute Gasteiger partial charge is 0.387 e. The van der Waals surface area contributed by atoms with Crippen LogP contribution in [-0.4, -0.2) is 177 Å². The number of nitrogen functional groups attached to an aromatic ring is 1. The number of imidazole rings is 1. The van der Waals surface area contributed by atoms with Crippen molar-refractivity contribution in [2.45, 2.75) is 24.5 Å². The quantitative estimate of drug-likeness (QED) is 0.126. The Morgan fingerprint density at radius 3 is 2.24 bits per heavy atom. The molecule has 2 aromatic heterocycles. The maximum atomic E-state index is 11.8. The summed E-state index contributed by atoms with van der Waals surface area (Å²) in [7, 11) is -16.7. The number of aliphatic hydroxyl groups excluding tert-OH is 2. The first-order valence-corrected chi connectivity index (χ1v) is 12.4. The molecule has 0 spiro atoms. The first-order valence-electron chi connectivity index (χ1n) is 7.92. The number of ether oxygens (including phenoxy) is 1. The molecule has 0 aromatic carbocycles. The van der Waals surface area contributed by atoms with Gasteiger partial charge in [-0.05, 0) is 0 Å². The molecule has 18 nitrogen and oxygen atoms in total. The van der Waals surface area contributed by atoms with Crippen molar-refractivity contribution in [3.05, 3.63) is 12.7 Å². The minimum absolute atomic E-state index is 0. The molecule has 0 bridgehead atoms. The van der Waals surface area contributed by atoms with E-state index in [1.165, 1.54) is 10.9 Å². The van der Waals surface area contributed by atoms with Crippen molar-refractivity contribution in [3.8, 4) is 0 Å². The Balaban J connectivity index is 0.00000272. The fourth-order valence-corrected chi connectivity index (χ4v) is 5.65. The van der Waals surface area contributed by atoms with E-state index in [0.29, 0.717) is 0 Å². The number of phosphoric ester groups is 1. The van der Waals surface area contributed by atoms with Crippen LogP contribution in [0.3, 0.4) is 0 Å². The van der Waals surface area contributed by atoms with Crippen molar-refractivity contribution in [2.75, 3.05) is 12.3 Å². The van der Waals surface area contributed by atoms with Crippen molar-refractivity contribution in [3.63, 3.8) is 0 Å². The first-order chi connectivity index (χ1) is 14.2. The van der Waals surface area contributed by atoms with Gasteiger partial charge in [-0.25, -0.2) is 28.6 Å². The summed E-state index contributed by atoms with van der Waals surface area (Å²) in [6, 6.07) is 0. The number of nitrogens with two attached hydrogens (primary N) is 1. The number of phosphoric acid groups is 3. The Hall–Kier alpha value is 1.91. The molecule has 2 aromatic rings. The Bertz CT molecular complexity index is 1120. The Labute approximate surface area is 269 Å². The fourth-order valence-electron chi connectivity index (χ4n) is 2.62. The summed E-state index contributed by atoms with van der Waals surface area (Å²) in [5.41, 5.74) is 6.00. The largest absolute Gasteiger partial charge is 0.490 e. The Morgan fingerprint density at radius 1 is 1.00 bits per heavy atom. The molecule has 8 N–H and O–H groups in total. The summed E-state index contributed by atoms with van der Waals surface area (Å²) in [5.74, 6) is 0.0426. The second-order valence-corrected chi connectivity index (χ2v) is 10.4. The Kier molecular flexibility index (Phi) is 12.6. The van der Waals surface area contributed by atoms with Crippen LogP contribution in [0.1, 0.15) is 6.23 Å². The van der Waals surface area contributed by atoms with E-state index < -0.39 is 54.6 Å². The number of nitrogens with zero attached hydrogens (tertiary/aromatic N) is 4. The molecule has 0 saturated carbocycles. The van der Waals surface area contributed by atoms with Gasteiger partial charge < -0.3 is 40.3 Å². The van der Waals surface area contributed by atoms with Gasteiger partial charge in [0.1, 0.15) is 30.2 Å². The van der Waals surface area contributed by atoms with Gasteiger partial charge in [-0.2, -0.15) is 8.62 Å². The van der Waals surface area contributed by atoms with Crippen molar-refractivity contribution in [1.29, 1.82) is 0 Å². The van der Waals surface area contributed by atoms with Gasteiger partial charge in [-0.3, -0.25) is 9.09 Å². The number of fused-ring (bicyclic) bond motifs is 1. The topological polar surface area (TPSA) is 279 Å². The van der Waals surface area contributed by atoms with E-state index in [0.717, 1.165) is 6.33 Å². The van der Waals surface area contributed by atoms with Gasteiger partial charge in [0.15, 0.2) is 17.7 Å². The number of rotatable bonds is 8. The number of hydrogen-bond donors (Lipinski definition) is 7. The van der Waals surface area contributed by atoms with Gasteiger partial charge in [0.05, 0.1) is 12.9 Å². The maximum Gasteiger partial charge on any atom is 0.490 e. The van der Waals surface area contributed by atoms with Crippen molar-refractivity contribution in [1.82, 2.24) is 19.5 Å². The van der Waals surface area contributed by atoms with E-state index in [-0.39, 0.29) is 120 Å². The molecular formula is C10H16K2N5O13P3. The van der Waals surface area contributed by atoms with Crippen LogP contribution in [0.4, 0.5) is 5.82 Å². The minimum Gasteiger partial charge on any atom is -0.387 e. The zero-order valence-corrected chi connectivity index (χ0v) is 25.8. The molecule has 0 amide bonds. The van der Waals surface area contributed by atoms with Crippen LogP contribution < -0.4 is 5.73 Å². The summed E-state index contributed by atoms with van der Waals surface area (Å²) in [6.45, 7) is -0.956. The first kappa shape index (κ1) is 32.9. The van der Waals surface area contributed by atoms with Gasteiger partial charge >= 0.3 is 23.5 Å².